The van der Waals surface area contributed by atoms with Gasteiger partial charge in [0, 0.05) is 23.3 Å². The van der Waals surface area contributed by atoms with E-state index in [0.29, 0.717) is 16.9 Å². The van der Waals surface area contributed by atoms with E-state index in [4.69, 9.17) is 0 Å². The van der Waals surface area contributed by atoms with Crippen LogP contribution in [0.15, 0.2) is 54.6 Å². The number of nitrogens with zero attached hydrogens (tertiary/aromatic N) is 3. The van der Waals surface area contributed by atoms with E-state index < -0.39 is 26.3 Å². The van der Waals surface area contributed by atoms with Crippen molar-refractivity contribution in [3.05, 3.63) is 71.7 Å². The minimum Gasteiger partial charge on any atom is -0.392 e. The van der Waals surface area contributed by atoms with Gasteiger partial charge in [-0.25, -0.2) is 4.39 Å². The van der Waals surface area contributed by atoms with Crippen molar-refractivity contribution in [2.75, 3.05) is 13.3 Å². The molecular formula is C22H25FN3O3S+. The van der Waals surface area contributed by atoms with Crippen LogP contribution < -0.4 is 3.89 Å². The minimum atomic E-state index is -3.79. The third-order valence-corrected chi connectivity index (χ3v) is 6.86. The number of benzene rings is 2. The lowest BCUT2D eigenvalue weighted by molar-refractivity contribution is 0.279. The predicted octanol–water partition coefficient (Wildman–Crippen LogP) is 4.13. The smallest absolute Gasteiger partial charge is 0.350 e. The van der Waals surface area contributed by atoms with E-state index in [1.54, 1.807) is 48.5 Å². The Hall–Kier alpha value is -2.68. The topological polar surface area (TPSA) is 80.2 Å². The normalized spacial score (nSPS) is 14.0. The number of hydrogen-bond donors (Lipinski definition) is 1. The first kappa shape index (κ1) is 22.0. The molecule has 1 heterocycles. The van der Waals surface area contributed by atoms with Crippen LogP contribution in [0.4, 0.5) is 16.0 Å². The van der Waals surface area contributed by atoms with Crippen LogP contribution in [-0.4, -0.2) is 36.8 Å². The van der Waals surface area contributed by atoms with Gasteiger partial charge in [-0.1, -0.05) is 44.2 Å². The molecule has 0 aliphatic carbocycles. The number of aliphatic hydroxyl groups is 1. The van der Waals surface area contributed by atoms with Gasteiger partial charge in [0.1, 0.15) is 5.82 Å². The Bertz CT molecular complexity index is 1170. The van der Waals surface area contributed by atoms with Crippen LogP contribution in [0.25, 0.3) is 11.3 Å². The lowest BCUT2D eigenvalue weighted by Gasteiger charge is -2.29. The summed E-state index contributed by atoms with van der Waals surface area (Å²) in [5.41, 5.74) is 1.68. The molecule has 0 aliphatic heterocycles. The maximum absolute atomic E-state index is 14.6. The molecule has 3 rings (SSSR count). The van der Waals surface area contributed by atoms with E-state index in [9.17, 15) is 17.9 Å². The Balaban J connectivity index is 2.44. The molecule has 0 amide bonds. The monoisotopic (exact) mass is 430 g/mol. The van der Waals surface area contributed by atoms with Gasteiger partial charge in [0.25, 0.3) is 0 Å². The van der Waals surface area contributed by atoms with Crippen molar-refractivity contribution in [3.8, 4) is 11.3 Å². The van der Waals surface area contributed by atoms with Gasteiger partial charge >= 0.3 is 16.0 Å². The van der Waals surface area contributed by atoms with Crippen LogP contribution in [0.5, 0.6) is 0 Å². The molecule has 3 aromatic rings. The summed E-state index contributed by atoms with van der Waals surface area (Å²) in [7, 11) is -2.29. The molecule has 0 bridgehead atoms. The molecule has 158 valence electrons. The Morgan fingerprint density at radius 3 is 2.17 bits per heavy atom. The molecule has 1 unspecified atom stereocenters. The van der Waals surface area contributed by atoms with Gasteiger partial charge in [0.05, 0.1) is 31.3 Å². The SMILES string of the molecule is CC(C)c1nc([N+](C)(c2ccccc2)S(C)(=O)=O)nc(-c2ccccc2F)c1CO. The molecule has 2 aromatic carbocycles. The van der Waals surface area contributed by atoms with E-state index in [1.165, 1.54) is 13.1 Å². The van der Waals surface area contributed by atoms with Gasteiger partial charge in [0.2, 0.25) is 0 Å². The lowest BCUT2D eigenvalue weighted by Crippen LogP contribution is -2.46. The van der Waals surface area contributed by atoms with Crippen molar-refractivity contribution in [3.63, 3.8) is 0 Å². The summed E-state index contributed by atoms with van der Waals surface area (Å²) in [4.78, 5) is 9.09. The molecule has 30 heavy (non-hydrogen) atoms. The molecule has 1 atom stereocenters. The van der Waals surface area contributed by atoms with Gasteiger partial charge < -0.3 is 5.11 Å². The first-order valence-electron chi connectivity index (χ1n) is 9.50. The second-order valence-electron chi connectivity index (χ2n) is 7.52. The van der Waals surface area contributed by atoms with Crippen molar-refractivity contribution in [2.45, 2.75) is 26.4 Å². The number of quaternary nitrogens is 1. The van der Waals surface area contributed by atoms with Crippen molar-refractivity contribution in [2.24, 2.45) is 0 Å². The highest BCUT2D eigenvalue weighted by Crippen LogP contribution is 2.38. The van der Waals surface area contributed by atoms with Crippen molar-refractivity contribution in [1.29, 1.82) is 0 Å². The largest absolute Gasteiger partial charge is 0.392 e. The average molecular weight is 431 g/mol. The number of aliphatic hydroxyl groups excluding tert-OH is 1. The van der Waals surface area contributed by atoms with E-state index in [1.807, 2.05) is 13.8 Å². The standard InChI is InChI=1S/C22H25FN3O3S/c1-15(2)20-18(14-27)21(17-12-8-9-13-19(17)23)25-22(24-20)26(3,30(4,28)29)16-10-6-5-7-11-16/h5-13,15,27H,14H2,1-4H3/q+1. The van der Waals surface area contributed by atoms with E-state index in [2.05, 4.69) is 9.97 Å². The summed E-state index contributed by atoms with van der Waals surface area (Å²) >= 11 is 0. The molecule has 0 saturated heterocycles. The van der Waals surface area contributed by atoms with E-state index in [-0.39, 0.29) is 23.1 Å². The number of hydrogen-bond acceptors (Lipinski definition) is 5. The summed E-state index contributed by atoms with van der Waals surface area (Å²) in [5, 5.41) is 10.0. The maximum Gasteiger partial charge on any atom is 0.350 e. The second kappa shape index (κ2) is 8.22. The van der Waals surface area contributed by atoms with Crippen LogP contribution >= 0.6 is 0 Å². The summed E-state index contributed by atoms with van der Waals surface area (Å²) in [6.07, 6.45) is 1.11. The van der Waals surface area contributed by atoms with Crippen LogP contribution in [0.2, 0.25) is 0 Å². The molecule has 8 heteroatoms. The molecule has 1 N–H and O–H groups in total. The fraction of sp³-hybridized carbons (Fsp3) is 0.273. The molecule has 0 fully saturated rings. The lowest BCUT2D eigenvalue weighted by atomic mass is 9.99. The van der Waals surface area contributed by atoms with Gasteiger partial charge in [-0.15, -0.1) is 3.89 Å². The highest BCUT2D eigenvalue weighted by molar-refractivity contribution is 7.90. The van der Waals surface area contributed by atoms with Crippen LogP contribution in [-0.2, 0) is 16.6 Å². The number of para-hydroxylation sites is 1. The zero-order chi connectivity index (χ0) is 22.1. The summed E-state index contributed by atoms with van der Waals surface area (Å²) in [5.74, 6) is -0.675. The third kappa shape index (κ3) is 3.74. The highest BCUT2D eigenvalue weighted by atomic mass is 32.2. The summed E-state index contributed by atoms with van der Waals surface area (Å²) < 4.78 is 39.9. The highest BCUT2D eigenvalue weighted by Gasteiger charge is 2.43. The van der Waals surface area contributed by atoms with Gasteiger partial charge in [-0.2, -0.15) is 18.4 Å². The quantitative estimate of drug-likeness (QED) is 0.595. The zero-order valence-corrected chi connectivity index (χ0v) is 18.2. The molecule has 0 spiro atoms. The third-order valence-electron chi connectivity index (χ3n) is 5.16. The van der Waals surface area contributed by atoms with Gasteiger partial charge in [0.15, 0.2) is 5.69 Å². The number of sulfonamides is 1. The minimum absolute atomic E-state index is 0.0112. The number of aromatic nitrogens is 2. The average Bonchev–Trinajstić information content (AvgIpc) is 2.72. The Labute approximate surface area is 176 Å². The zero-order valence-electron chi connectivity index (χ0n) is 17.4. The first-order chi connectivity index (χ1) is 14.1. The van der Waals surface area contributed by atoms with Gasteiger partial charge in [-0.05, 0) is 18.1 Å². The van der Waals surface area contributed by atoms with Gasteiger partial charge in [-0.3, -0.25) is 0 Å². The van der Waals surface area contributed by atoms with E-state index in [0.717, 1.165) is 6.26 Å². The maximum atomic E-state index is 14.6. The molecule has 6 nitrogen and oxygen atoms in total. The van der Waals surface area contributed by atoms with Crippen LogP contribution in [0.3, 0.4) is 0 Å². The van der Waals surface area contributed by atoms with E-state index >= 15 is 0 Å². The predicted molar refractivity (Wildman–Crippen MR) is 116 cm³/mol. The Morgan fingerprint density at radius 2 is 1.63 bits per heavy atom. The first-order valence-corrected chi connectivity index (χ1v) is 11.4. The fourth-order valence-electron chi connectivity index (χ4n) is 3.36. The van der Waals surface area contributed by atoms with Crippen LogP contribution in [0.1, 0.15) is 31.0 Å². The molecular weight excluding hydrogens is 405 g/mol. The Kier molecular flexibility index (Phi) is 6.03. The molecule has 0 aliphatic rings. The second-order valence-corrected chi connectivity index (χ2v) is 9.72. The Morgan fingerprint density at radius 1 is 1.03 bits per heavy atom. The number of halogens is 1. The van der Waals surface area contributed by atoms with Crippen molar-refractivity contribution < 1.29 is 17.9 Å². The fourth-order valence-corrected chi connectivity index (χ4v) is 4.24. The summed E-state index contributed by atoms with van der Waals surface area (Å²) in [6, 6.07) is 14.7. The molecule has 0 radical (unpaired) electrons. The molecule has 1 aromatic heterocycles. The number of rotatable bonds is 6. The van der Waals surface area contributed by atoms with Crippen LogP contribution in [0, 0.1) is 5.82 Å². The molecule has 0 saturated carbocycles. The summed E-state index contributed by atoms with van der Waals surface area (Å²) in [6.45, 7) is 3.36. The van der Waals surface area contributed by atoms with Crippen molar-refractivity contribution >= 4 is 21.7 Å². The van der Waals surface area contributed by atoms with Crippen molar-refractivity contribution in [1.82, 2.24) is 13.9 Å².